The molecule has 0 saturated carbocycles. The maximum absolute atomic E-state index is 9.32. The van der Waals surface area contributed by atoms with Crippen LogP contribution in [0.3, 0.4) is 0 Å². The topological polar surface area (TPSA) is 50.1 Å². The lowest BCUT2D eigenvalue weighted by Crippen LogP contribution is -2.27. The van der Waals surface area contributed by atoms with Gasteiger partial charge in [-0.2, -0.15) is 0 Å². The van der Waals surface area contributed by atoms with Crippen LogP contribution in [-0.2, 0) is 6.54 Å². The molecule has 2 aromatic rings. The van der Waals surface area contributed by atoms with Crippen molar-refractivity contribution in [3.63, 3.8) is 0 Å². The fourth-order valence-electron chi connectivity index (χ4n) is 2.72. The van der Waals surface area contributed by atoms with E-state index in [0.717, 1.165) is 19.6 Å². The zero-order valence-corrected chi connectivity index (χ0v) is 10.9. The Hall–Kier alpha value is -1.81. The molecule has 0 unspecified atom stereocenters. The highest BCUT2D eigenvalue weighted by Crippen LogP contribution is 2.25. The van der Waals surface area contributed by atoms with Gasteiger partial charge in [0.2, 0.25) is 0 Å². The lowest BCUT2D eigenvalue weighted by molar-refractivity contribution is 0.442. The van der Waals surface area contributed by atoms with Crippen molar-refractivity contribution in [3.8, 4) is 5.75 Å². The van der Waals surface area contributed by atoms with Crippen LogP contribution in [-0.4, -0.2) is 27.7 Å². The summed E-state index contributed by atoms with van der Waals surface area (Å²) in [6.07, 6.45) is 6.27. The van der Waals surface area contributed by atoms with Gasteiger partial charge in [-0.05, 0) is 43.6 Å². The Labute approximate surface area is 113 Å². The van der Waals surface area contributed by atoms with Crippen molar-refractivity contribution in [1.82, 2.24) is 14.9 Å². The monoisotopic (exact) mass is 257 g/mol. The number of phenolic OH excluding ortho intramolecular Hbond substituents is 1. The lowest BCUT2D eigenvalue weighted by atomic mass is 9.95. The van der Waals surface area contributed by atoms with Crippen molar-refractivity contribution in [2.24, 2.45) is 0 Å². The van der Waals surface area contributed by atoms with Crippen LogP contribution in [0.25, 0.3) is 0 Å². The molecule has 3 rings (SSSR count). The summed E-state index contributed by atoms with van der Waals surface area (Å²) in [6.45, 7) is 3.00. The van der Waals surface area contributed by atoms with Crippen LogP contribution in [0.15, 0.2) is 36.8 Å². The molecule has 0 aliphatic carbocycles. The second-order valence-corrected chi connectivity index (χ2v) is 5.14. The van der Waals surface area contributed by atoms with E-state index in [9.17, 15) is 5.11 Å². The highest BCUT2D eigenvalue weighted by molar-refractivity contribution is 5.26. The molecule has 0 bridgehead atoms. The summed E-state index contributed by atoms with van der Waals surface area (Å²) in [4.78, 5) is 4.30. The summed E-state index contributed by atoms with van der Waals surface area (Å²) >= 11 is 0. The molecule has 1 aromatic carbocycles. The quantitative estimate of drug-likeness (QED) is 0.885. The first-order chi connectivity index (χ1) is 9.33. The molecule has 0 atom stereocenters. The highest BCUT2D eigenvalue weighted by Gasteiger charge is 2.18. The third-order valence-electron chi connectivity index (χ3n) is 3.79. The van der Waals surface area contributed by atoms with E-state index in [1.807, 2.05) is 24.7 Å². The van der Waals surface area contributed by atoms with Gasteiger partial charge >= 0.3 is 0 Å². The van der Waals surface area contributed by atoms with Gasteiger partial charge in [0.25, 0.3) is 0 Å². The molecule has 2 N–H and O–H groups in total. The van der Waals surface area contributed by atoms with Crippen LogP contribution in [0.2, 0.25) is 0 Å². The SMILES string of the molecule is Oc1ccc(Cn2cncc2C2CCNCC2)cc1. The van der Waals surface area contributed by atoms with E-state index in [2.05, 4.69) is 14.9 Å². The van der Waals surface area contributed by atoms with Gasteiger partial charge in [-0.3, -0.25) is 0 Å². The molecule has 0 spiro atoms. The van der Waals surface area contributed by atoms with Gasteiger partial charge in [0, 0.05) is 24.4 Å². The number of hydrogen-bond acceptors (Lipinski definition) is 3. The third kappa shape index (κ3) is 2.79. The molecule has 1 aliphatic heterocycles. The van der Waals surface area contributed by atoms with E-state index >= 15 is 0 Å². The second-order valence-electron chi connectivity index (χ2n) is 5.14. The number of nitrogens with one attached hydrogen (secondary N) is 1. The molecule has 1 aromatic heterocycles. The lowest BCUT2D eigenvalue weighted by Gasteiger charge is -2.23. The van der Waals surface area contributed by atoms with E-state index in [4.69, 9.17) is 0 Å². The van der Waals surface area contributed by atoms with Gasteiger partial charge < -0.3 is 15.0 Å². The van der Waals surface area contributed by atoms with Crippen molar-refractivity contribution in [1.29, 1.82) is 0 Å². The van der Waals surface area contributed by atoms with Crippen LogP contribution >= 0.6 is 0 Å². The molecule has 4 heteroatoms. The molecule has 1 aliphatic rings. The third-order valence-corrected chi connectivity index (χ3v) is 3.79. The van der Waals surface area contributed by atoms with Crippen LogP contribution < -0.4 is 5.32 Å². The summed E-state index contributed by atoms with van der Waals surface area (Å²) in [5.41, 5.74) is 2.51. The molecule has 19 heavy (non-hydrogen) atoms. The average Bonchev–Trinajstić information content (AvgIpc) is 2.90. The maximum Gasteiger partial charge on any atom is 0.115 e. The Morgan fingerprint density at radius 3 is 2.68 bits per heavy atom. The largest absolute Gasteiger partial charge is 0.508 e. The first-order valence-electron chi connectivity index (χ1n) is 6.81. The number of aromatic nitrogens is 2. The number of rotatable bonds is 3. The normalized spacial score (nSPS) is 16.6. The Morgan fingerprint density at radius 2 is 1.95 bits per heavy atom. The minimum Gasteiger partial charge on any atom is -0.508 e. The van der Waals surface area contributed by atoms with Crippen LogP contribution in [0.1, 0.15) is 30.0 Å². The number of piperidine rings is 1. The Kier molecular flexibility index (Phi) is 3.51. The van der Waals surface area contributed by atoms with Gasteiger partial charge in [0.05, 0.1) is 6.33 Å². The number of hydrogen-bond donors (Lipinski definition) is 2. The summed E-state index contributed by atoms with van der Waals surface area (Å²) in [7, 11) is 0. The number of imidazole rings is 1. The molecule has 100 valence electrons. The number of benzene rings is 1. The van der Waals surface area contributed by atoms with E-state index in [-0.39, 0.29) is 0 Å². The Morgan fingerprint density at radius 1 is 1.21 bits per heavy atom. The summed E-state index contributed by atoms with van der Waals surface area (Å²) in [6, 6.07) is 7.38. The molecule has 4 nitrogen and oxygen atoms in total. The minimum atomic E-state index is 0.313. The molecule has 0 amide bonds. The Bertz CT molecular complexity index is 527. The van der Waals surface area contributed by atoms with Gasteiger partial charge in [0.15, 0.2) is 0 Å². The van der Waals surface area contributed by atoms with Crippen molar-refractivity contribution in [2.45, 2.75) is 25.3 Å². The molecule has 2 heterocycles. The number of phenols is 1. The second kappa shape index (κ2) is 5.45. The molecular weight excluding hydrogens is 238 g/mol. The number of nitrogens with zero attached hydrogens (tertiary/aromatic N) is 2. The van der Waals surface area contributed by atoms with Crippen molar-refractivity contribution in [3.05, 3.63) is 48.0 Å². The molecule has 0 radical (unpaired) electrons. The van der Waals surface area contributed by atoms with Gasteiger partial charge in [-0.1, -0.05) is 12.1 Å². The van der Waals surface area contributed by atoms with Crippen LogP contribution in [0.5, 0.6) is 5.75 Å². The number of aromatic hydroxyl groups is 1. The average molecular weight is 257 g/mol. The van der Waals surface area contributed by atoms with E-state index in [0.29, 0.717) is 11.7 Å². The van der Waals surface area contributed by atoms with E-state index in [1.54, 1.807) is 12.1 Å². The maximum atomic E-state index is 9.32. The molecule has 1 saturated heterocycles. The van der Waals surface area contributed by atoms with Crippen LogP contribution in [0, 0.1) is 0 Å². The summed E-state index contributed by atoms with van der Waals surface area (Å²) < 4.78 is 2.22. The zero-order valence-electron chi connectivity index (χ0n) is 10.9. The molecule has 1 fully saturated rings. The van der Waals surface area contributed by atoms with Crippen molar-refractivity contribution in [2.75, 3.05) is 13.1 Å². The predicted molar refractivity (Wildman–Crippen MR) is 74.3 cm³/mol. The van der Waals surface area contributed by atoms with Crippen LogP contribution in [0.4, 0.5) is 0 Å². The fourth-order valence-corrected chi connectivity index (χ4v) is 2.72. The van der Waals surface area contributed by atoms with Gasteiger partial charge in [0.1, 0.15) is 5.75 Å². The smallest absolute Gasteiger partial charge is 0.115 e. The van der Waals surface area contributed by atoms with E-state index < -0.39 is 0 Å². The first kappa shape index (κ1) is 12.2. The fraction of sp³-hybridized carbons (Fsp3) is 0.400. The molecular formula is C15H19N3O. The minimum absolute atomic E-state index is 0.313. The summed E-state index contributed by atoms with van der Waals surface area (Å²) in [5, 5.41) is 12.7. The first-order valence-corrected chi connectivity index (χ1v) is 6.81. The van der Waals surface area contributed by atoms with E-state index in [1.165, 1.54) is 24.1 Å². The van der Waals surface area contributed by atoms with Crippen molar-refractivity contribution < 1.29 is 5.11 Å². The summed E-state index contributed by atoms with van der Waals surface area (Å²) in [5.74, 6) is 0.925. The van der Waals surface area contributed by atoms with Gasteiger partial charge in [-0.15, -0.1) is 0 Å². The predicted octanol–water partition coefficient (Wildman–Crippen LogP) is 2.10. The standard InChI is InChI=1S/C15H19N3O/c19-14-3-1-12(2-4-14)10-18-11-17-9-15(18)13-5-7-16-8-6-13/h1-4,9,11,13,16,19H,5-8,10H2. The van der Waals surface area contributed by atoms with Gasteiger partial charge in [-0.25, -0.2) is 4.98 Å². The Balaban J connectivity index is 1.77. The van der Waals surface area contributed by atoms with Crippen molar-refractivity contribution >= 4 is 0 Å². The zero-order chi connectivity index (χ0) is 13.1. The highest BCUT2D eigenvalue weighted by atomic mass is 16.3.